The summed E-state index contributed by atoms with van der Waals surface area (Å²) in [5, 5.41) is 3.42. The number of rotatable bonds is 5. The summed E-state index contributed by atoms with van der Waals surface area (Å²) in [5.74, 6) is 0.487. The van der Waals surface area contributed by atoms with E-state index in [0.29, 0.717) is 10.9 Å². The van der Waals surface area contributed by atoms with Crippen LogP contribution in [0.15, 0.2) is 36.4 Å². The molecule has 0 radical (unpaired) electrons. The van der Waals surface area contributed by atoms with Crippen LogP contribution in [0.1, 0.15) is 23.6 Å². The zero-order valence-electron chi connectivity index (χ0n) is 14.1. The number of nitrogens with zero attached hydrogens (tertiary/aromatic N) is 1. The van der Waals surface area contributed by atoms with Crippen molar-refractivity contribution in [1.29, 1.82) is 0 Å². The molecule has 4 nitrogen and oxygen atoms in total. The van der Waals surface area contributed by atoms with Gasteiger partial charge < -0.3 is 4.74 Å². The van der Waals surface area contributed by atoms with E-state index >= 15 is 0 Å². The normalized spacial score (nSPS) is 10.8. The van der Waals surface area contributed by atoms with E-state index in [1.807, 2.05) is 31.2 Å². The minimum atomic E-state index is -0.206. The summed E-state index contributed by atoms with van der Waals surface area (Å²) in [6, 6.07) is 12.0. The molecule has 24 heavy (non-hydrogen) atoms. The maximum absolute atomic E-state index is 12.1. The first-order chi connectivity index (χ1) is 11.5. The van der Waals surface area contributed by atoms with Crippen LogP contribution in [0.4, 0.5) is 5.13 Å². The molecular weight excluding hydrogens is 320 g/mol. The molecule has 0 saturated heterocycles. The molecule has 1 N–H and O–H groups in total. The van der Waals surface area contributed by atoms with Crippen LogP contribution >= 0.6 is 11.3 Å². The van der Waals surface area contributed by atoms with Gasteiger partial charge in [-0.15, -0.1) is 0 Å². The summed E-state index contributed by atoms with van der Waals surface area (Å²) in [5.41, 5.74) is 4.50. The van der Waals surface area contributed by atoms with E-state index in [1.54, 1.807) is 0 Å². The first kappa shape index (κ1) is 16.5. The average Bonchev–Trinajstić information content (AvgIpc) is 2.96. The topological polar surface area (TPSA) is 51.2 Å². The Morgan fingerprint density at radius 3 is 2.67 bits per heavy atom. The average molecular weight is 340 g/mol. The van der Waals surface area contributed by atoms with Gasteiger partial charge in [0.1, 0.15) is 5.75 Å². The van der Waals surface area contributed by atoms with E-state index in [1.165, 1.54) is 22.5 Å². The number of carbonyl (C=O) groups is 1. The van der Waals surface area contributed by atoms with E-state index in [0.717, 1.165) is 22.2 Å². The highest BCUT2D eigenvalue weighted by molar-refractivity contribution is 7.22. The number of hydrogen-bond acceptors (Lipinski definition) is 4. The maximum atomic E-state index is 12.1. The number of fused-ring (bicyclic) bond motifs is 1. The number of carbonyl (C=O) groups excluding carboxylic acids is 1. The summed E-state index contributed by atoms with van der Waals surface area (Å²) >= 11 is 1.48. The highest BCUT2D eigenvalue weighted by atomic mass is 32.1. The lowest BCUT2D eigenvalue weighted by Gasteiger charge is -2.06. The summed E-state index contributed by atoms with van der Waals surface area (Å²) in [6.45, 7) is 6.16. The van der Waals surface area contributed by atoms with Crippen molar-refractivity contribution < 1.29 is 9.53 Å². The van der Waals surface area contributed by atoms with E-state index in [2.05, 4.69) is 36.3 Å². The number of benzene rings is 2. The van der Waals surface area contributed by atoms with Crippen LogP contribution in [0.2, 0.25) is 0 Å². The molecule has 0 atom stereocenters. The lowest BCUT2D eigenvalue weighted by atomic mass is 10.1. The van der Waals surface area contributed by atoms with Gasteiger partial charge in [-0.2, -0.15) is 0 Å². The van der Waals surface area contributed by atoms with Crippen molar-refractivity contribution in [3.8, 4) is 5.75 Å². The first-order valence-electron chi connectivity index (χ1n) is 7.94. The Labute approximate surface area is 145 Å². The van der Waals surface area contributed by atoms with Crippen molar-refractivity contribution in [2.45, 2.75) is 27.2 Å². The Balaban J connectivity index is 1.63. The fourth-order valence-corrected chi connectivity index (χ4v) is 3.61. The minimum absolute atomic E-state index is 0.0284. The zero-order valence-corrected chi connectivity index (χ0v) is 14.9. The van der Waals surface area contributed by atoms with Crippen LogP contribution in [0.3, 0.4) is 0 Å². The van der Waals surface area contributed by atoms with Gasteiger partial charge in [-0.3, -0.25) is 10.1 Å². The van der Waals surface area contributed by atoms with Crippen LogP contribution in [0, 0.1) is 13.8 Å². The molecule has 1 aromatic heterocycles. The van der Waals surface area contributed by atoms with Gasteiger partial charge in [0.2, 0.25) is 0 Å². The molecule has 3 aromatic rings. The van der Waals surface area contributed by atoms with Crippen LogP contribution in [-0.4, -0.2) is 17.5 Å². The lowest BCUT2D eigenvalue weighted by molar-refractivity contribution is -0.118. The van der Waals surface area contributed by atoms with Gasteiger partial charge in [0.15, 0.2) is 11.7 Å². The number of nitrogens with one attached hydrogen (secondary N) is 1. The summed E-state index contributed by atoms with van der Waals surface area (Å²) in [4.78, 5) is 16.6. The van der Waals surface area contributed by atoms with Gasteiger partial charge in [0.25, 0.3) is 5.91 Å². The third-order valence-corrected chi connectivity index (χ3v) is 4.70. The summed E-state index contributed by atoms with van der Waals surface area (Å²) in [6.07, 6.45) is 0.983. The molecule has 1 amide bonds. The molecule has 0 bridgehead atoms. The maximum Gasteiger partial charge on any atom is 0.264 e. The lowest BCUT2D eigenvalue weighted by Crippen LogP contribution is -2.20. The monoisotopic (exact) mass is 340 g/mol. The molecule has 0 aliphatic carbocycles. The number of ether oxygens (including phenoxy) is 1. The number of anilines is 1. The second-order valence-electron chi connectivity index (χ2n) is 5.78. The van der Waals surface area contributed by atoms with Gasteiger partial charge in [0.05, 0.1) is 10.2 Å². The number of hydrogen-bond donors (Lipinski definition) is 1. The molecule has 0 fully saturated rings. The Kier molecular flexibility index (Phi) is 4.81. The molecule has 1 heterocycles. The smallest absolute Gasteiger partial charge is 0.264 e. The minimum Gasteiger partial charge on any atom is -0.484 e. The van der Waals surface area contributed by atoms with Gasteiger partial charge in [-0.05, 0) is 55.2 Å². The molecule has 3 rings (SSSR count). The van der Waals surface area contributed by atoms with Crippen LogP contribution in [0.5, 0.6) is 5.75 Å². The van der Waals surface area contributed by atoms with Crippen molar-refractivity contribution in [2.75, 3.05) is 11.9 Å². The first-order valence-corrected chi connectivity index (χ1v) is 8.76. The van der Waals surface area contributed by atoms with Crippen molar-refractivity contribution in [2.24, 2.45) is 0 Å². The second kappa shape index (κ2) is 7.01. The molecular formula is C19H20N2O2S. The zero-order chi connectivity index (χ0) is 17.1. The van der Waals surface area contributed by atoms with Crippen molar-refractivity contribution in [3.63, 3.8) is 0 Å². The van der Waals surface area contributed by atoms with Gasteiger partial charge >= 0.3 is 0 Å². The highest BCUT2D eigenvalue weighted by Gasteiger charge is 2.10. The Hall–Kier alpha value is -2.40. The van der Waals surface area contributed by atoms with E-state index in [4.69, 9.17) is 4.74 Å². The number of aryl methyl sites for hydroxylation is 3. The van der Waals surface area contributed by atoms with Gasteiger partial charge in [0, 0.05) is 0 Å². The molecule has 0 saturated carbocycles. The predicted octanol–water partition coefficient (Wildman–Crippen LogP) is 4.49. The van der Waals surface area contributed by atoms with Gasteiger partial charge in [-0.25, -0.2) is 4.98 Å². The highest BCUT2D eigenvalue weighted by Crippen LogP contribution is 2.29. The van der Waals surface area contributed by atoms with Crippen molar-refractivity contribution in [1.82, 2.24) is 4.98 Å². The summed E-state index contributed by atoms with van der Waals surface area (Å²) in [7, 11) is 0. The molecule has 2 aromatic carbocycles. The quantitative estimate of drug-likeness (QED) is 0.744. The fraction of sp³-hybridized carbons (Fsp3) is 0.263. The Morgan fingerprint density at radius 1 is 1.21 bits per heavy atom. The molecule has 0 aliphatic rings. The molecule has 124 valence electrons. The Morgan fingerprint density at radius 2 is 1.96 bits per heavy atom. The molecule has 5 heteroatoms. The summed E-state index contributed by atoms with van der Waals surface area (Å²) < 4.78 is 6.60. The van der Waals surface area contributed by atoms with Gasteiger partial charge in [-0.1, -0.05) is 36.5 Å². The molecule has 0 aliphatic heterocycles. The fourth-order valence-electron chi connectivity index (χ4n) is 2.55. The van der Waals surface area contributed by atoms with Crippen LogP contribution < -0.4 is 10.1 Å². The molecule has 0 spiro atoms. The largest absolute Gasteiger partial charge is 0.484 e. The van der Waals surface area contributed by atoms with E-state index < -0.39 is 0 Å². The number of aromatic nitrogens is 1. The predicted molar refractivity (Wildman–Crippen MR) is 99.0 cm³/mol. The van der Waals surface area contributed by atoms with Crippen molar-refractivity contribution in [3.05, 3.63) is 53.1 Å². The second-order valence-corrected chi connectivity index (χ2v) is 6.81. The van der Waals surface area contributed by atoms with E-state index in [-0.39, 0.29) is 12.5 Å². The van der Waals surface area contributed by atoms with Crippen LogP contribution in [0.25, 0.3) is 10.2 Å². The SMILES string of the molecule is CCc1ccc(OCC(=O)Nc2nc3c(C)cc(C)cc3s2)cc1. The third-order valence-electron chi connectivity index (χ3n) is 3.78. The molecule has 0 unspecified atom stereocenters. The standard InChI is InChI=1S/C19H20N2O2S/c1-4-14-5-7-15(8-6-14)23-11-17(22)20-19-21-18-13(3)9-12(2)10-16(18)24-19/h5-10H,4,11H2,1-3H3,(H,20,21,22). The van der Waals surface area contributed by atoms with Crippen LogP contribution in [-0.2, 0) is 11.2 Å². The number of amides is 1. The Bertz CT molecular complexity index is 869. The van der Waals surface area contributed by atoms with E-state index in [9.17, 15) is 4.79 Å². The van der Waals surface area contributed by atoms with Crippen molar-refractivity contribution >= 4 is 32.6 Å². The number of thiazole rings is 1. The third kappa shape index (κ3) is 3.74.